The summed E-state index contributed by atoms with van der Waals surface area (Å²) in [4.78, 5) is 7.12. The van der Waals surface area contributed by atoms with Gasteiger partial charge in [-0.15, -0.1) is 0 Å². The molecule has 1 N–H and O–H groups in total. The normalized spacial score (nSPS) is 19.0. The number of anilines is 1. The Morgan fingerprint density at radius 2 is 2.22 bits per heavy atom. The highest BCUT2D eigenvalue weighted by Crippen LogP contribution is 2.31. The van der Waals surface area contributed by atoms with Crippen molar-refractivity contribution in [2.75, 3.05) is 25.0 Å². The van der Waals surface area contributed by atoms with E-state index < -0.39 is 0 Å². The van der Waals surface area contributed by atoms with E-state index in [1.807, 2.05) is 13.2 Å². The fraction of sp³-hybridized carbons (Fsp3) is 0.667. The number of nitrogens with zero attached hydrogens (tertiary/aromatic N) is 2. The summed E-state index contributed by atoms with van der Waals surface area (Å²) in [6.07, 6.45) is 4.59. The van der Waals surface area contributed by atoms with E-state index in [0.29, 0.717) is 5.41 Å². The van der Waals surface area contributed by atoms with Crippen LogP contribution in [0.4, 0.5) is 5.82 Å². The Kier molecular flexibility index (Phi) is 3.91. The summed E-state index contributed by atoms with van der Waals surface area (Å²) in [7, 11) is 1.97. The van der Waals surface area contributed by atoms with Crippen molar-refractivity contribution in [1.82, 2.24) is 10.3 Å². The molecule has 1 fully saturated rings. The lowest BCUT2D eigenvalue weighted by atomic mass is 9.84. The summed E-state index contributed by atoms with van der Waals surface area (Å²) >= 11 is 0. The number of hydrogen-bond donors (Lipinski definition) is 1. The summed E-state index contributed by atoms with van der Waals surface area (Å²) in [5.41, 5.74) is 2.96. The Hall–Kier alpha value is -1.09. The zero-order chi connectivity index (χ0) is 13.2. The SMILES string of the molecule is CNCc1cnc(N2CCCC(C)(C)C2)c(C)c1. The highest BCUT2D eigenvalue weighted by molar-refractivity contribution is 5.48. The molecule has 0 amide bonds. The Bertz CT molecular complexity index is 412. The maximum atomic E-state index is 4.67. The van der Waals surface area contributed by atoms with Gasteiger partial charge in [0, 0.05) is 25.8 Å². The minimum Gasteiger partial charge on any atom is -0.356 e. The molecule has 0 atom stereocenters. The molecular weight excluding hydrogens is 222 g/mol. The molecule has 2 rings (SSSR count). The number of hydrogen-bond acceptors (Lipinski definition) is 3. The molecular formula is C15H25N3. The quantitative estimate of drug-likeness (QED) is 0.890. The summed E-state index contributed by atoms with van der Waals surface area (Å²) < 4.78 is 0. The van der Waals surface area contributed by atoms with Crippen LogP contribution < -0.4 is 10.2 Å². The first-order chi connectivity index (χ1) is 8.52. The predicted molar refractivity (Wildman–Crippen MR) is 77.0 cm³/mol. The molecule has 18 heavy (non-hydrogen) atoms. The Labute approximate surface area is 111 Å². The highest BCUT2D eigenvalue weighted by atomic mass is 15.2. The van der Waals surface area contributed by atoms with E-state index in [2.05, 4.69) is 42.0 Å². The Morgan fingerprint density at radius 1 is 1.44 bits per heavy atom. The molecule has 1 aromatic rings. The summed E-state index contributed by atoms with van der Waals surface area (Å²) in [6.45, 7) is 10.0. The zero-order valence-corrected chi connectivity index (χ0v) is 12.1. The Morgan fingerprint density at radius 3 is 2.83 bits per heavy atom. The van der Waals surface area contributed by atoms with Gasteiger partial charge in [-0.3, -0.25) is 0 Å². The van der Waals surface area contributed by atoms with Crippen LogP contribution in [0.5, 0.6) is 0 Å². The van der Waals surface area contributed by atoms with Crippen molar-refractivity contribution in [2.45, 2.75) is 40.2 Å². The molecule has 3 heteroatoms. The number of aryl methyl sites for hydroxylation is 1. The fourth-order valence-corrected chi connectivity index (χ4v) is 2.86. The molecule has 100 valence electrons. The van der Waals surface area contributed by atoms with Gasteiger partial charge in [-0.05, 0) is 49.4 Å². The average molecular weight is 247 g/mol. The van der Waals surface area contributed by atoms with Gasteiger partial charge in [0.25, 0.3) is 0 Å². The fourth-order valence-electron chi connectivity index (χ4n) is 2.86. The maximum absolute atomic E-state index is 4.67. The first-order valence-corrected chi connectivity index (χ1v) is 6.87. The second-order valence-electron chi connectivity index (χ2n) is 6.20. The molecule has 0 unspecified atom stereocenters. The number of pyridine rings is 1. The van der Waals surface area contributed by atoms with Crippen molar-refractivity contribution in [3.05, 3.63) is 23.4 Å². The number of nitrogens with one attached hydrogen (secondary N) is 1. The molecule has 0 aromatic carbocycles. The van der Waals surface area contributed by atoms with Crippen LogP contribution in [0, 0.1) is 12.3 Å². The molecule has 2 heterocycles. The Balaban J connectivity index is 2.18. The molecule has 0 spiro atoms. The molecule has 3 nitrogen and oxygen atoms in total. The lowest BCUT2D eigenvalue weighted by Crippen LogP contribution is -2.40. The summed E-state index contributed by atoms with van der Waals surface area (Å²) in [5, 5.41) is 3.17. The summed E-state index contributed by atoms with van der Waals surface area (Å²) in [5.74, 6) is 1.17. The van der Waals surface area contributed by atoms with E-state index in [-0.39, 0.29) is 0 Å². The summed E-state index contributed by atoms with van der Waals surface area (Å²) in [6, 6.07) is 2.25. The highest BCUT2D eigenvalue weighted by Gasteiger charge is 2.27. The molecule has 1 aliphatic heterocycles. The van der Waals surface area contributed by atoms with E-state index in [9.17, 15) is 0 Å². The third kappa shape index (κ3) is 3.02. The van der Waals surface area contributed by atoms with Crippen LogP contribution in [0.1, 0.15) is 37.8 Å². The number of aromatic nitrogens is 1. The van der Waals surface area contributed by atoms with Crippen molar-refractivity contribution in [2.24, 2.45) is 5.41 Å². The van der Waals surface area contributed by atoms with E-state index in [0.717, 1.165) is 19.6 Å². The average Bonchev–Trinajstić information content (AvgIpc) is 2.28. The monoisotopic (exact) mass is 247 g/mol. The number of piperidine rings is 1. The van der Waals surface area contributed by atoms with Crippen LogP contribution in [-0.4, -0.2) is 25.1 Å². The van der Waals surface area contributed by atoms with Crippen molar-refractivity contribution in [3.8, 4) is 0 Å². The molecule has 1 saturated heterocycles. The molecule has 1 aromatic heterocycles. The third-order valence-electron chi connectivity index (χ3n) is 3.69. The van der Waals surface area contributed by atoms with Gasteiger partial charge in [-0.2, -0.15) is 0 Å². The molecule has 0 radical (unpaired) electrons. The van der Waals surface area contributed by atoms with Crippen molar-refractivity contribution in [1.29, 1.82) is 0 Å². The van der Waals surface area contributed by atoms with Crippen molar-refractivity contribution >= 4 is 5.82 Å². The van der Waals surface area contributed by atoms with E-state index in [1.165, 1.54) is 29.8 Å². The van der Waals surface area contributed by atoms with Crippen LogP contribution in [0.25, 0.3) is 0 Å². The molecule has 0 bridgehead atoms. The van der Waals surface area contributed by atoms with Gasteiger partial charge in [0.1, 0.15) is 5.82 Å². The minimum atomic E-state index is 0.413. The van der Waals surface area contributed by atoms with Gasteiger partial charge < -0.3 is 10.2 Å². The topological polar surface area (TPSA) is 28.2 Å². The molecule has 0 aliphatic carbocycles. The van der Waals surface area contributed by atoms with Crippen LogP contribution in [-0.2, 0) is 6.54 Å². The standard InChI is InChI=1S/C15H25N3/c1-12-8-13(9-16-4)10-17-14(12)18-7-5-6-15(2,3)11-18/h8,10,16H,5-7,9,11H2,1-4H3. The number of rotatable bonds is 3. The first kappa shape index (κ1) is 13.3. The first-order valence-electron chi connectivity index (χ1n) is 6.87. The van der Waals surface area contributed by atoms with Crippen molar-refractivity contribution < 1.29 is 0 Å². The lowest BCUT2D eigenvalue weighted by molar-refractivity contribution is 0.292. The predicted octanol–water partition coefficient (Wildman–Crippen LogP) is 2.74. The molecule has 1 aliphatic rings. The van der Waals surface area contributed by atoms with Gasteiger partial charge >= 0.3 is 0 Å². The smallest absolute Gasteiger partial charge is 0.131 e. The van der Waals surface area contributed by atoms with Gasteiger partial charge in [-0.25, -0.2) is 4.98 Å². The molecule has 0 saturated carbocycles. The van der Waals surface area contributed by atoms with Crippen LogP contribution >= 0.6 is 0 Å². The second-order valence-corrected chi connectivity index (χ2v) is 6.20. The van der Waals surface area contributed by atoms with E-state index in [1.54, 1.807) is 0 Å². The lowest BCUT2D eigenvalue weighted by Gasteiger charge is -2.39. The zero-order valence-electron chi connectivity index (χ0n) is 12.1. The minimum absolute atomic E-state index is 0.413. The van der Waals surface area contributed by atoms with E-state index >= 15 is 0 Å². The van der Waals surface area contributed by atoms with Gasteiger partial charge in [0.05, 0.1) is 0 Å². The third-order valence-corrected chi connectivity index (χ3v) is 3.69. The van der Waals surface area contributed by atoms with Crippen LogP contribution in [0.2, 0.25) is 0 Å². The van der Waals surface area contributed by atoms with Gasteiger partial charge in [0.15, 0.2) is 0 Å². The van der Waals surface area contributed by atoms with Crippen molar-refractivity contribution in [3.63, 3.8) is 0 Å². The van der Waals surface area contributed by atoms with Gasteiger partial charge in [-0.1, -0.05) is 13.8 Å². The second kappa shape index (κ2) is 5.27. The van der Waals surface area contributed by atoms with Gasteiger partial charge in [0.2, 0.25) is 0 Å². The van der Waals surface area contributed by atoms with Crippen LogP contribution in [0.15, 0.2) is 12.3 Å². The van der Waals surface area contributed by atoms with Crippen LogP contribution in [0.3, 0.4) is 0 Å². The van der Waals surface area contributed by atoms with E-state index in [4.69, 9.17) is 0 Å². The largest absolute Gasteiger partial charge is 0.356 e. The maximum Gasteiger partial charge on any atom is 0.131 e.